The van der Waals surface area contributed by atoms with Crippen molar-refractivity contribution >= 4 is 45.0 Å². The summed E-state index contributed by atoms with van der Waals surface area (Å²) < 4.78 is 28.3. The smallest absolute Gasteiger partial charge is 0.322 e. The number of benzene rings is 2. The molecule has 0 aliphatic rings. The molecule has 0 spiro atoms. The Hall–Kier alpha value is -2.42. The molecule has 0 radical (unpaired) electrons. The van der Waals surface area contributed by atoms with Gasteiger partial charge in [0.1, 0.15) is 0 Å². The SMILES string of the molecule is CS(=O)(=O)c1ccc(C(=O)Nc2nnc(-c3cc(Cl)ccc3Cl)o2)cc1. The number of aromatic nitrogens is 2. The molecule has 0 saturated heterocycles. The molecule has 0 saturated carbocycles. The molecular weight excluding hydrogens is 401 g/mol. The maximum absolute atomic E-state index is 12.2. The summed E-state index contributed by atoms with van der Waals surface area (Å²) in [6.45, 7) is 0. The van der Waals surface area contributed by atoms with Crippen LogP contribution in [0.1, 0.15) is 10.4 Å². The largest absolute Gasteiger partial charge is 0.403 e. The number of amides is 1. The van der Waals surface area contributed by atoms with Gasteiger partial charge in [0, 0.05) is 16.8 Å². The Bertz CT molecular complexity index is 1080. The summed E-state index contributed by atoms with van der Waals surface area (Å²) in [4.78, 5) is 12.3. The number of carbonyl (C=O) groups excluding carboxylic acids is 1. The van der Waals surface area contributed by atoms with Crippen molar-refractivity contribution in [1.29, 1.82) is 0 Å². The summed E-state index contributed by atoms with van der Waals surface area (Å²) in [6, 6.07) is 10.1. The number of hydrogen-bond acceptors (Lipinski definition) is 6. The van der Waals surface area contributed by atoms with Crippen molar-refractivity contribution in [2.24, 2.45) is 0 Å². The van der Waals surface area contributed by atoms with Gasteiger partial charge in [-0.05, 0) is 42.5 Å². The zero-order valence-electron chi connectivity index (χ0n) is 13.2. The van der Waals surface area contributed by atoms with Crippen molar-refractivity contribution in [1.82, 2.24) is 10.2 Å². The average molecular weight is 412 g/mol. The molecule has 1 heterocycles. The quantitative estimate of drug-likeness (QED) is 0.701. The van der Waals surface area contributed by atoms with Gasteiger partial charge in [-0.15, -0.1) is 5.10 Å². The molecule has 1 amide bonds. The van der Waals surface area contributed by atoms with Crippen molar-refractivity contribution in [3.05, 3.63) is 58.1 Å². The highest BCUT2D eigenvalue weighted by Gasteiger charge is 2.16. The average Bonchev–Trinajstić information content (AvgIpc) is 3.04. The lowest BCUT2D eigenvalue weighted by atomic mass is 10.2. The summed E-state index contributed by atoms with van der Waals surface area (Å²) in [5.74, 6) is -0.433. The molecule has 7 nitrogen and oxygen atoms in total. The van der Waals surface area contributed by atoms with Crippen LogP contribution in [-0.4, -0.2) is 30.8 Å². The Balaban J connectivity index is 1.79. The molecule has 0 unspecified atom stereocenters. The van der Waals surface area contributed by atoms with Crippen LogP contribution in [0.2, 0.25) is 10.0 Å². The van der Waals surface area contributed by atoms with Gasteiger partial charge in [0.15, 0.2) is 9.84 Å². The van der Waals surface area contributed by atoms with Gasteiger partial charge in [-0.3, -0.25) is 10.1 Å². The monoisotopic (exact) mass is 411 g/mol. The second-order valence-corrected chi connectivity index (χ2v) is 8.15. The van der Waals surface area contributed by atoms with E-state index in [-0.39, 0.29) is 22.4 Å². The van der Waals surface area contributed by atoms with Crippen LogP contribution in [0.3, 0.4) is 0 Å². The van der Waals surface area contributed by atoms with E-state index in [9.17, 15) is 13.2 Å². The molecule has 1 aromatic heterocycles. The summed E-state index contributed by atoms with van der Waals surface area (Å²) in [5, 5.41) is 10.8. The molecule has 26 heavy (non-hydrogen) atoms. The molecule has 10 heteroatoms. The lowest BCUT2D eigenvalue weighted by Crippen LogP contribution is -2.12. The Kier molecular flexibility index (Phi) is 4.99. The van der Waals surface area contributed by atoms with E-state index < -0.39 is 15.7 Å². The van der Waals surface area contributed by atoms with Crippen LogP contribution in [0.5, 0.6) is 0 Å². The first-order chi connectivity index (χ1) is 12.2. The third kappa shape index (κ3) is 4.04. The van der Waals surface area contributed by atoms with E-state index >= 15 is 0 Å². The summed E-state index contributed by atoms with van der Waals surface area (Å²) in [5.41, 5.74) is 0.669. The Morgan fingerprint density at radius 2 is 1.77 bits per heavy atom. The van der Waals surface area contributed by atoms with E-state index in [1.807, 2.05) is 0 Å². The lowest BCUT2D eigenvalue weighted by Gasteiger charge is -2.02. The van der Waals surface area contributed by atoms with Crippen LogP contribution >= 0.6 is 23.2 Å². The van der Waals surface area contributed by atoms with Crippen molar-refractivity contribution in [2.45, 2.75) is 4.90 Å². The van der Waals surface area contributed by atoms with Crippen LogP contribution < -0.4 is 5.32 Å². The third-order valence-corrected chi connectivity index (χ3v) is 5.04. The zero-order chi connectivity index (χ0) is 18.9. The highest BCUT2D eigenvalue weighted by Crippen LogP contribution is 2.30. The van der Waals surface area contributed by atoms with Crippen molar-refractivity contribution in [3.8, 4) is 11.5 Å². The molecule has 0 bridgehead atoms. The maximum Gasteiger partial charge on any atom is 0.322 e. The highest BCUT2D eigenvalue weighted by atomic mass is 35.5. The summed E-state index contributed by atoms with van der Waals surface area (Å²) in [7, 11) is -3.33. The standard InChI is InChI=1S/C16H11Cl2N3O4S/c1-26(23,24)11-5-2-9(3-6-11)14(22)19-16-21-20-15(25-16)12-8-10(17)4-7-13(12)18/h2-8H,1H3,(H,19,21,22). The highest BCUT2D eigenvalue weighted by molar-refractivity contribution is 7.90. The second-order valence-electron chi connectivity index (χ2n) is 5.29. The van der Waals surface area contributed by atoms with Crippen LogP contribution in [0.15, 0.2) is 51.8 Å². The van der Waals surface area contributed by atoms with Gasteiger partial charge >= 0.3 is 6.01 Å². The summed E-state index contributed by atoms with van der Waals surface area (Å²) in [6.07, 6.45) is 1.09. The minimum Gasteiger partial charge on any atom is -0.403 e. The number of halogens is 2. The maximum atomic E-state index is 12.2. The number of anilines is 1. The van der Waals surface area contributed by atoms with E-state index in [4.69, 9.17) is 27.6 Å². The molecular formula is C16H11Cl2N3O4S. The number of sulfone groups is 1. The molecule has 3 aromatic rings. The molecule has 3 rings (SSSR count). The van der Waals surface area contributed by atoms with E-state index in [1.165, 1.54) is 24.3 Å². The van der Waals surface area contributed by atoms with Crippen LogP contribution in [0, 0.1) is 0 Å². The van der Waals surface area contributed by atoms with Gasteiger partial charge in [-0.2, -0.15) is 0 Å². The summed E-state index contributed by atoms with van der Waals surface area (Å²) >= 11 is 12.0. The van der Waals surface area contributed by atoms with Gasteiger partial charge in [0.05, 0.1) is 15.5 Å². The molecule has 0 atom stereocenters. The molecule has 0 aliphatic carbocycles. The van der Waals surface area contributed by atoms with E-state index in [0.29, 0.717) is 15.6 Å². The van der Waals surface area contributed by atoms with Gasteiger partial charge in [-0.25, -0.2) is 8.42 Å². The predicted molar refractivity (Wildman–Crippen MR) is 97.3 cm³/mol. The molecule has 2 aromatic carbocycles. The first-order valence-corrected chi connectivity index (χ1v) is 9.79. The van der Waals surface area contributed by atoms with Gasteiger partial charge < -0.3 is 4.42 Å². The van der Waals surface area contributed by atoms with Crippen LogP contribution in [-0.2, 0) is 9.84 Å². The third-order valence-electron chi connectivity index (χ3n) is 3.35. The van der Waals surface area contributed by atoms with Gasteiger partial charge in [-0.1, -0.05) is 28.3 Å². The topological polar surface area (TPSA) is 102 Å². The number of carbonyl (C=O) groups is 1. The zero-order valence-corrected chi connectivity index (χ0v) is 15.6. The Labute approximate surface area is 158 Å². The van der Waals surface area contributed by atoms with Crippen molar-refractivity contribution < 1.29 is 17.6 Å². The minimum absolute atomic E-state index is 0.0974. The number of rotatable bonds is 4. The molecule has 1 N–H and O–H groups in total. The molecule has 0 aliphatic heterocycles. The first kappa shape index (κ1) is 18.4. The molecule has 134 valence electrons. The van der Waals surface area contributed by atoms with E-state index in [1.54, 1.807) is 18.2 Å². The number of nitrogens with one attached hydrogen (secondary N) is 1. The lowest BCUT2D eigenvalue weighted by molar-refractivity contribution is 0.102. The normalized spacial score (nSPS) is 11.3. The van der Waals surface area contributed by atoms with Gasteiger partial charge in [0.25, 0.3) is 11.8 Å². The number of hydrogen-bond donors (Lipinski definition) is 1. The number of nitrogens with zero attached hydrogens (tertiary/aromatic N) is 2. The molecule has 0 fully saturated rings. The second kappa shape index (κ2) is 7.06. The van der Waals surface area contributed by atoms with Crippen LogP contribution in [0.4, 0.5) is 6.01 Å². The fourth-order valence-electron chi connectivity index (χ4n) is 2.07. The van der Waals surface area contributed by atoms with Crippen molar-refractivity contribution in [2.75, 3.05) is 11.6 Å². The van der Waals surface area contributed by atoms with E-state index in [2.05, 4.69) is 15.5 Å². The minimum atomic E-state index is -3.33. The first-order valence-electron chi connectivity index (χ1n) is 7.14. The van der Waals surface area contributed by atoms with Gasteiger partial charge in [0.2, 0.25) is 0 Å². The fraction of sp³-hybridized carbons (Fsp3) is 0.0625. The fourth-order valence-corrected chi connectivity index (χ4v) is 3.07. The van der Waals surface area contributed by atoms with Crippen molar-refractivity contribution in [3.63, 3.8) is 0 Å². The van der Waals surface area contributed by atoms with E-state index in [0.717, 1.165) is 6.26 Å². The Morgan fingerprint density at radius 3 is 2.42 bits per heavy atom. The predicted octanol–water partition coefficient (Wildman–Crippen LogP) is 3.70. The Morgan fingerprint density at radius 1 is 1.08 bits per heavy atom. The van der Waals surface area contributed by atoms with Crippen LogP contribution in [0.25, 0.3) is 11.5 Å².